The minimum Gasteiger partial charge on any atom is -0.444 e. The first-order valence-corrected chi connectivity index (χ1v) is 15.7. The fraction of sp³-hybridized carbons (Fsp3) is 0.343. The maximum absolute atomic E-state index is 13.3. The van der Waals surface area contributed by atoms with E-state index in [1.54, 1.807) is 20.8 Å². The number of para-hydroxylation sites is 2. The summed E-state index contributed by atoms with van der Waals surface area (Å²) in [5.41, 5.74) is 2.96. The standard InChI is InChI=1S/C35H40N6O7/c1-20(37-34(47)48-35(2,3)4)30(43)38-25(19-42)31(44)36-15-10-16-41-18-24(22-12-7-9-14-27(22)41)29-28(32(45)39-33(29)46)23-17-40(5)26-13-8-6-11-21(23)26/h6-9,11-14,17-18,20,25,42H,10,15-16,19H2,1-5H3,(H,36,44)(H,37,47)(H,38,43)(H,39,45,46)/t20-,25-/m0/s1. The third kappa shape index (κ3) is 7.10. The number of aliphatic hydroxyl groups excluding tert-OH is 1. The van der Waals surface area contributed by atoms with Crippen LogP contribution in [0.4, 0.5) is 4.79 Å². The van der Waals surface area contributed by atoms with Gasteiger partial charge >= 0.3 is 6.09 Å². The third-order valence-electron chi connectivity index (χ3n) is 7.97. The van der Waals surface area contributed by atoms with Gasteiger partial charge in [0.1, 0.15) is 17.7 Å². The monoisotopic (exact) mass is 656 g/mol. The van der Waals surface area contributed by atoms with E-state index in [0.29, 0.717) is 35.2 Å². The minimum absolute atomic E-state index is 0.224. The lowest BCUT2D eigenvalue weighted by Crippen LogP contribution is -2.54. The molecule has 5 amide bonds. The van der Waals surface area contributed by atoms with Crippen LogP contribution in [0, 0.1) is 0 Å². The molecular formula is C35H40N6O7. The molecular weight excluding hydrogens is 616 g/mol. The van der Waals surface area contributed by atoms with Crippen LogP contribution in [0.2, 0.25) is 0 Å². The Hall–Kier alpha value is -5.43. The predicted molar refractivity (Wildman–Crippen MR) is 180 cm³/mol. The van der Waals surface area contributed by atoms with E-state index < -0.39 is 54.0 Å². The number of nitrogens with zero attached hydrogens (tertiary/aromatic N) is 2. The van der Waals surface area contributed by atoms with Crippen LogP contribution in [0.1, 0.15) is 45.2 Å². The van der Waals surface area contributed by atoms with Gasteiger partial charge in [-0.05, 0) is 46.2 Å². The molecule has 4 aromatic rings. The van der Waals surface area contributed by atoms with Crippen LogP contribution in [0.5, 0.6) is 0 Å². The number of aliphatic hydroxyl groups is 1. The van der Waals surface area contributed by atoms with Crippen molar-refractivity contribution in [3.05, 3.63) is 72.1 Å². The van der Waals surface area contributed by atoms with Crippen molar-refractivity contribution in [3.63, 3.8) is 0 Å². The summed E-state index contributed by atoms with van der Waals surface area (Å²) >= 11 is 0. The fourth-order valence-corrected chi connectivity index (χ4v) is 5.77. The Morgan fingerprint density at radius 1 is 0.875 bits per heavy atom. The predicted octanol–water partition coefficient (Wildman–Crippen LogP) is 2.60. The molecule has 0 fully saturated rings. The fourth-order valence-electron chi connectivity index (χ4n) is 5.77. The molecule has 0 aliphatic carbocycles. The molecule has 252 valence electrons. The minimum atomic E-state index is -1.22. The lowest BCUT2D eigenvalue weighted by molar-refractivity contribution is -0.130. The number of fused-ring (bicyclic) bond motifs is 2. The number of alkyl carbamates (subject to hydrolysis) is 1. The van der Waals surface area contributed by atoms with Gasteiger partial charge in [0.15, 0.2) is 0 Å². The number of rotatable bonds is 11. The highest BCUT2D eigenvalue weighted by atomic mass is 16.6. The summed E-state index contributed by atoms with van der Waals surface area (Å²) in [6, 6.07) is 13.1. The first-order valence-electron chi connectivity index (χ1n) is 15.7. The number of benzene rings is 2. The second kappa shape index (κ2) is 13.7. The van der Waals surface area contributed by atoms with E-state index in [4.69, 9.17) is 4.74 Å². The van der Waals surface area contributed by atoms with Crippen molar-refractivity contribution in [3.8, 4) is 0 Å². The molecule has 13 nitrogen and oxygen atoms in total. The van der Waals surface area contributed by atoms with Gasteiger partial charge in [-0.2, -0.15) is 0 Å². The molecule has 0 saturated carbocycles. The Kier molecular flexibility index (Phi) is 9.71. The highest BCUT2D eigenvalue weighted by Gasteiger charge is 2.35. The molecule has 48 heavy (non-hydrogen) atoms. The zero-order chi connectivity index (χ0) is 34.7. The molecule has 0 bridgehead atoms. The molecule has 13 heteroatoms. The maximum Gasteiger partial charge on any atom is 0.408 e. The molecule has 2 aromatic carbocycles. The van der Waals surface area contributed by atoms with E-state index >= 15 is 0 Å². The third-order valence-corrected chi connectivity index (χ3v) is 7.97. The van der Waals surface area contributed by atoms with Crippen molar-refractivity contribution >= 4 is 62.7 Å². The average molecular weight is 657 g/mol. The number of aromatic nitrogens is 2. The smallest absolute Gasteiger partial charge is 0.408 e. The van der Waals surface area contributed by atoms with Crippen molar-refractivity contribution < 1.29 is 33.8 Å². The lowest BCUT2D eigenvalue weighted by atomic mass is 9.95. The van der Waals surface area contributed by atoms with Gasteiger partial charge in [0, 0.05) is 65.5 Å². The summed E-state index contributed by atoms with van der Waals surface area (Å²) in [5.74, 6) is -2.16. The number of amides is 5. The number of ether oxygens (including phenoxy) is 1. The van der Waals surface area contributed by atoms with Crippen molar-refractivity contribution in [1.82, 2.24) is 30.4 Å². The van der Waals surface area contributed by atoms with E-state index in [0.717, 1.165) is 21.8 Å². The normalized spacial score (nSPS) is 14.6. The number of hydrogen-bond acceptors (Lipinski definition) is 7. The summed E-state index contributed by atoms with van der Waals surface area (Å²) in [4.78, 5) is 63.8. The van der Waals surface area contributed by atoms with Crippen LogP contribution in [0.3, 0.4) is 0 Å². The molecule has 3 heterocycles. The van der Waals surface area contributed by atoms with Gasteiger partial charge in [-0.15, -0.1) is 0 Å². The number of carbonyl (C=O) groups is 5. The molecule has 0 saturated heterocycles. The van der Waals surface area contributed by atoms with E-state index in [-0.39, 0.29) is 6.54 Å². The van der Waals surface area contributed by atoms with Crippen molar-refractivity contribution in [1.29, 1.82) is 0 Å². The van der Waals surface area contributed by atoms with Crippen LogP contribution < -0.4 is 21.3 Å². The molecule has 1 aliphatic rings. The highest BCUT2D eigenvalue weighted by Crippen LogP contribution is 2.38. The molecule has 0 spiro atoms. The summed E-state index contributed by atoms with van der Waals surface area (Å²) in [7, 11) is 1.90. The SMILES string of the molecule is C[C@H](NC(=O)OC(C)(C)C)C(=O)N[C@@H](CO)C(=O)NCCCn1cc(C2=C(c3cn(C)c4ccccc34)C(=O)NC2=O)c2ccccc21. The van der Waals surface area contributed by atoms with Crippen LogP contribution in [0.15, 0.2) is 60.9 Å². The second-order valence-corrected chi connectivity index (χ2v) is 12.7. The van der Waals surface area contributed by atoms with Crippen LogP contribution in [-0.2, 0) is 37.5 Å². The van der Waals surface area contributed by atoms with Crippen molar-refractivity contribution in [2.45, 2.75) is 58.3 Å². The van der Waals surface area contributed by atoms with Gasteiger partial charge in [0.2, 0.25) is 11.8 Å². The highest BCUT2D eigenvalue weighted by molar-refractivity contribution is 6.50. The molecule has 1 aliphatic heterocycles. The molecule has 5 N–H and O–H groups in total. The van der Waals surface area contributed by atoms with E-state index in [1.807, 2.05) is 77.1 Å². The van der Waals surface area contributed by atoms with Gasteiger partial charge in [0.25, 0.3) is 11.8 Å². The lowest BCUT2D eigenvalue weighted by Gasteiger charge is -2.23. The topological polar surface area (TPSA) is 173 Å². The second-order valence-electron chi connectivity index (χ2n) is 12.7. The van der Waals surface area contributed by atoms with Gasteiger partial charge in [-0.3, -0.25) is 24.5 Å². The van der Waals surface area contributed by atoms with Crippen molar-refractivity contribution in [2.75, 3.05) is 13.2 Å². The van der Waals surface area contributed by atoms with Crippen molar-refractivity contribution in [2.24, 2.45) is 7.05 Å². The number of hydrogen-bond donors (Lipinski definition) is 5. The Morgan fingerprint density at radius 2 is 1.46 bits per heavy atom. The quantitative estimate of drug-likeness (QED) is 0.122. The summed E-state index contributed by atoms with van der Waals surface area (Å²) in [5, 5.41) is 21.5. The zero-order valence-electron chi connectivity index (χ0n) is 27.5. The van der Waals surface area contributed by atoms with Crippen LogP contribution in [0.25, 0.3) is 33.0 Å². The van der Waals surface area contributed by atoms with E-state index in [9.17, 15) is 29.1 Å². The maximum atomic E-state index is 13.3. The Labute approximate surface area is 277 Å². The molecule has 2 aromatic heterocycles. The molecule has 0 radical (unpaired) electrons. The Morgan fingerprint density at radius 3 is 2.08 bits per heavy atom. The van der Waals surface area contributed by atoms with Gasteiger partial charge in [0.05, 0.1) is 17.8 Å². The van der Waals surface area contributed by atoms with Gasteiger partial charge < -0.3 is 34.9 Å². The summed E-state index contributed by atoms with van der Waals surface area (Å²) < 4.78 is 9.05. The molecule has 2 atom stereocenters. The Balaban J connectivity index is 1.28. The largest absolute Gasteiger partial charge is 0.444 e. The summed E-state index contributed by atoms with van der Waals surface area (Å²) in [6.45, 7) is 6.56. The summed E-state index contributed by atoms with van der Waals surface area (Å²) in [6.07, 6.45) is 3.41. The number of imide groups is 1. The average Bonchev–Trinajstić information content (AvgIpc) is 3.66. The first kappa shape index (κ1) is 33.9. The van der Waals surface area contributed by atoms with Gasteiger partial charge in [-0.25, -0.2) is 4.79 Å². The first-order chi connectivity index (χ1) is 22.8. The number of aryl methyl sites for hydroxylation is 2. The van der Waals surface area contributed by atoms with E-state index in [2.05, 4.69) is 21.3 Å². The number of nitrogens with one attached hydrogen (secondary N) is 4. The Bertz CT molecular complexity index is 1950. The van der Waals surface area contributed by atoms with Crippen LogP contribution in [-0.4, -0.2) is 74.8 Å². The molecule has 0 unspecified atom stereocenters. The van der Waals surface area contributed by atoms with Crippen LogP contribution >= 0.6 is 0 Å². The van der Waals surface area contributed by atoms with E-state index in [1.165, 1.54) is 6.92 Å². The van der Waals surface area contributed by atoms with Gasteiger partial charge in [-0.1, -0.05) is 36.4 Å². The number of carbonyl (C=O) groups excluding carboxylic acids is 5. The molecule has 5 rings (SSSR count). The zero-order valence-corrected chi connectivity index (χ0v) is 27.5.